The number of hydrogen-bond acceptors (Lipinski definition) is 4. The highest BCUT2D eigenvalue weighted by molar-refractivity contribution is 5.67. The van der Waals surface area contributed by atoms with Crippen LogP contribution in [0, 0.1) is 12.3 Å². The SMILES string of the molecule is C#CC(COC(C)=O)OC(C)=O. The number of terminal acetylenes is 1. The fraction of sp³-hybridized carbons (Fsp3) is 0.500. The van der Waals surface area contributed by atoms with Gasteiger partial charge in [0, 0.05) is 13.8 Å². The van der Waals surface area contributed by atoms with Crippen molar-refractivity contribution >= 4 is 11.9 Å². The smallest absolute Gasteiger partial charge is 0.303 e. The quantitative estimate of drug-likeness (QED) is 0.445. The highest BCUT2D eigenvalue weighted by atomic mass is 16.6. The lowest BCUT2D eigenvalue weighted by molar-refractivity contribution is -0.152. The van der Waals surface area contributed by atoms with E-state index in [1.807, 2.05) is 0 Å². The van der Waals surface area contributed by atoms with Crippen LogP contribution < -0.4 is 0 Å². The van der Waals surface area contributed by atoms with Crippen molar-refractivity contribution in [1.82, 2.24) is 0 Å². The molecule has 0 aromatic heterocycles. The van der Waals surface area contributed by atoms with E-state index in [0.717, 1.165) is 0 Å². The zero-order valence-electron chi connectivity index (χ0n) is 6.99. The van der Waals surface area contributed by atoms with E-state index in [9.17, 15) is 9.59 Å². The van der Waals surface area contributed by atoms with E-state index in [2.05, 4.69) is 15.4 Å². The van der Waals surface area contributed by atoms with Crippen molar-refractivity contribution in [3.8, 4) is 12.3 Å². The Hall–Kier alpha value is -1.50. The predicted molar refractivity (Wildman–Crippen MR) is 41.0 cm³/mol. The van der Waals surface area contributed by atoms with E-state index in [-0.39, 0.29) is 6.61 Å². The molecule has 0 spiro atoms. The third-order valence-electron chi connectivity index (χ3n) is 0.932. The Kier molecular flexibility index (Phi) is 4.54. The van der Waals surface area contributed by atoms with Crippen molar-refractivity contribution in [2.45, 2.75) is 20.0 Å². The van der Waals surface area contributed by atoms with Gasteiger partial charge in [0.1, 0.15) is 6.61 Å². The van der Waals surface area contributed by atoms with Gasteiger partial charge in [-0.05, 0) is 0 Å². The molecule has 0 radical (unpaired) electrons. The summed E-state index contributed by atoms with van der Waals surface area (Å²) >= 11 is 0. The van der Waals surface area contributed by atoms with Gasteiger partial charge < -0.3 is 9.47 Å². The molecule has 0 rings (SSSR count). The first-order valence-corrected chi connectivity index (χ1v) is 3.33. The van der Waals surface area contributed by atoms with Gasteiger partial charge in [0.25, 0.3) is 0 Å². The Balaban J connectivity index is 3.78. The maximum absolute atomic E-state index is 10.4. The fourth-order valence-corrected chi connectivity index (χ4v) is 0.510. The number of hydrogen-bond donors (Lipinski definition) is 0. The minimum Gasteiger partial charge on any atom is -0.461 e. The number of carbonyl (C=O) groups is 2. The van der Waals surface area contributed by atoms with Crippen LogP contribution in [-0.4, -0.2) is 24.6 Å². The number of rotatable bonds is 3. The summed E-state index contributed by atoms with van der Waals surface area (Å²) in [5.74, 6) is 1.22. The summed E-state index contributed by atoms with van der Waals surface area (Å²) in [6.07, 6.45) is 4.20. The van der Waals surface area contributed by atoms with Gasteiger partial charge in [-0.1, -0.05) is 5.92 Å². The van der Waals surface area contributed by atoms with Gasteiger partial charge in [0.15, 0.2) is 6.10 Å². The Morgan fingerprint density at radius 2 is 2.00 bits per heavy atom. The lowest BCUT2D eigenvalue weighted by Gasteiger charge is -2.09. The first kappa shape index (κ1) is 10.5. The summed E-state index contributed by atoms with van der Waals surface area (Å²) in [4.78, 5) is 20.7. The first-order valence-electron chi connectivity index (χ1n) is 3.33. The average Bonchev–Trinajstić information content (AvgIpc) is 1.97. The lowest BCUT2D eigenvalue weighted by atomic mass is 10.4. The van der Waals surface area contributed by atoms with Crippen molar-refractivity contribution in [2.24, 2.45) is 0 Å². The second kappa shape index (κ2) is 5.19. The topological polar surface area (TPSA) is 52.6 Å². The zero-order chi connectivity index (χ0) is 9.56. The number of carbonyl (C=O) groups excluding carboxylic acids is 2. The molecule has 0 aromatic rings. The molecule has 0 bridgehead atoms. The van der Waals surface area contributed by atoms with Crippen LogP contribution in [0.3, 0.4) is 0 Å². The monoisotopic (exact) mass is 170 g/mol. The zero-order valence-corrected chi connectivity index (χ0v) is 6.99. The molecule has 12 heavy (non-hydrogen) atoms. The van der Waals surface area contributed by atoms with E-state index < -0.39 is 18.0 Å². The highest BCUT2D eigenvalue weighted by Gasteiger charge is 2.09. The van der Waals surface area contributed by atoms with Crippen LogP contribution in [0.2, 0.25) is 0 Å². The van der Waals surface area contributed by atoms with Gasteiger partial charge in [0.2, 0.25) is 0 Å². The largest absolute Gasteiger partial charge is 0.461 e. The van der Waals surface area contributed by atoms with Crippen LogP contribution in [-0.2, 0) is 19.1 Å². The number of esters is 2. The van der Waals surface area contributed by atoms with Crippen LogP contribution in [0.5, 0.6) is 0 Å². The van der Waals surface area contributed by atoms with Crippen LogP contribution in [0.15, 0.2) is 0 Å². The van der Waals surface area contributed by atoms with Crippen LogP contribution in [0.4, 0.5) is 0 Å². The molecule has 0 aliphatic rings. The van der Waals surface area contributed by atoms with E-state index in [4.69, 9.17) is 6.42 Å². The van der Waals surface area contributed by atoms with Gasteiger partial charge >= 0.3 is 11.9 Å². The summed E-state index contributed by atoms with van der Waals surface area (Å²) in [6, 6.07) is 0. The summed E-state index contributed by atoms with van der Waals surface area (Å²) in [6.45, 7) is 2.39. The van der Waals surface area contributed by atoms with Crippen molar-refractivity contribution < 1.29 is 19.1 Å². The molecule has 0 aliphatic carbocycles. The molecule has 0 saturated heterocycles. The van der Waals surface area contributed by atoms with Gasteiger partial charge in [-0.3, -0.25) is 9.59 Å². The maximum atomic E-state index is 10.4. The minimum absolute atomic E-state index is 0.0919. The molecular formula is C8H10O4. The Labute approximate surface area is 70.8 Å². The van der Waals surface area contributed by atoms with Gasteiger partial charge in [-0.15, -0.1) is 6.42 Å². The summed E-state index contributed by atoms with van der Waals surface area (Å²) in [5, 5.41) is 0. The molecule has 0 fully saturated rings. The van der Waals surface area contributed by atoms with Gasteiger partial charge in [0.05, 0.1) is 0 Å². The average molecular weight is 170 g/mol. The molecule has 0 amide bonds. The molecule has 0 aliphatic heterocycles. The molecule has 0 saturated carbocycles. The van der Waals surface area contributed by atoms with Crippen LogP contribution in [0.1, 0.15) is 13.8 Å². The molecular weight excluding hydrogens is 160 g/mol. The second-order valence-corrected chi connectivity index (χ2v) is 2.07. The molecule has 1 atom stereocenters. The molecule has 1 unspecified atom stereocenters. The van der Waals surface area contributed by atoms with Crippen molar-refractivity contribution in [3.63, 3.8) is 0 Å². The molecule has 0 N–H and O–H groups in total. The van der Waals surface area contributed by atoms with Gasteiger partial charge in [-0.25, -0.2) is 0 Å². The molecule has 4 nitrogen and oxygen atoms in total. The predicted octanol–water partition coefficient (Wildman–Crippen LogP) is 0.114. The third-order valence-corrected chi connectivity index (χ3v) is 0.932. The number of ether oxygens (including phenoxy) is 2. The fourth-order valence-electron chi connectivity index (χ4n) is 0.510. The van der Waals surface area contributed by atoms with Gasteiger partial charge in [-0.2, -0.15) is 0 Å². The molecule has 0 aromatic carbocycles. The normalized spacial score (nSPS) is 11.1. The van der Waals surface area contributed by atoms with Crippen molar-refractivity contribution in [1.29, 1.82) is 0 Å². The highest BCUT2D eigenvalue weighted by Crippen LogP contribution is 1.92. The van der Waals surface area contributed by atoms with E-state index in [0.29, 0.717) is 0 Å². The Bertz CT molecular complexity index is 214. The van der Waals surface area contributed by atoms with E-state index >= 15 is 0 Å². The molecule has 66 valence electrons. The maximum Gasteiger partial charge on any atom is 0.303 e. The lowest BCUT2D eigenvalue weighted by Crippen LogP contribution is -2.21. The van der Waals surface area contributed by atoms with Crippen LogP contribution >= 0.6 is 0 Å². The second-order valence-electron chi connectivity index (χ2n) is 2.07. The first-order chi connectivity index (χ1) is 5.56. The summed E-state index contributed by atoms with van der Waals surface area (Å²) in [7, 11) is 0. The van der Waals surface area contributed by atoms with Crippen molar-refractivity contribution in [3.05, 3.63) is 0 Å². The standard InChI is InChI=1S/C8H10O4/c1-4-8(12-7(3)10)5-11-6(2)9/h1,8H,5H2,2-3H3. The molecule has 4 heteroatoms. The van der Waals surface area contributed by atoms with E-state index in [1.54, 1.807) is 0 Å². The molecule has 0 heterocycles. The Morgan fingerprint density at radius 3 is 2.33 bits per heavy atom. The summed E-state index contributed by atoms with van der Waals surface area (Å²) in [5.41, 5.74) is 0. The van der Waals surface area contributed by atoms with Crippen LogP contribution in [0.25, 0.3) is 0 Å². The Morgan fingerprint density at radius 1 is 1.42 bits per heavy atom. The van der Waals surface area contributed by atoms with E-state index in [1.165, 1.54) is 13.8 Å². The van der Waals surface area contributed by atoms with Crippen molar-refractivity contribution in [2.75, 3.05) is 6.61 Å². The third kappa shape index (κ3) is 5.30. The summed E-state index contributed by atoms with van der Waals surface area (Å²) < 4.78 is 9.13. The minimum atomic E-state index is -0.786.